The molecule has 0 unspecified atom stereocenters. The average Bonchev–Trinajstić information content (AvgIpc) is 3.46. The lowest BCUT2D eigenvalue weighted by molar-refractivity contribution is 0.532. The fraction of sp³-hybridized carbons (Fsp3) is 0.0435. The lowest BCUT2D eigenvalue weighted by atomic mass is 9.86. The summed E-state index contributed by atoms with van der Waals surface area (Å²) in [6.45, 7) is 2.15. The quantitative estimate of drug-likeness (QED) is 0.192. The van der Waals surface area contributed by atoms with Crippen molar-refractivity contribution in [1.29, 1.82) is 0 Å². The normalized spacial score (nSPS) is 13.8. The van der Waals surface area contributed by atoms with Crippen molar-refractivity contribution in [2.24, 2.45) is 0 Å². The second-order valence-electron chi connectivity index (χ2n) is 13.0. The van der Waals surface area contributed by atoms with Gasteiger partial charge in [-0.25, -0.2) is 9.97 Å². The molecule has 236 valence electrons. The van der Waals surface area contributed by atoms with Gasteiger partial charge in [0.25, 0.3) is 0 Å². The first kappa shape index (κ1) is 28.5. The zero-order valence-electron chi connectivity index (χ0n) is 27.5. The molecule has 1 spiro atoms. The highest BCUT2D eigenvalue weighted by Crippen LogP contribution is 2.63. The van der Waals surface area contributed by atoms with E-state index in [1.807, 2.05) is 0 Å². The largest absolute Gasteiger partial charge is 0.309 e. The van der Waals surface area contributed by atoms with Crippen molar-refractivity contribution >= 4 is 33.8 Å². The predicted octanol–water partition coefficient (Wildman–Crippen LogP) is 11.4. The first-order chi connectivity index (χ1) is 24.7. The first-order valence-electron chi connectivity index (χ1n) is 17.1. The summed E-state index contributed by atoms with van der Waals surface area (Å²) in [5.74, 6) is 0.641. The van der Waals surface area contributed by atoms with Crippen LogP contribution in [0.25, 0.3) is 44.4 Å². The Bertz CT molecular complexity index is 2450. The van der Waals surface area contributed by atoms with Gasteiger partial charge < -0.3 is 4.90 Å². The number of hydrogen-bond acceptors (Lipinski definition) is 4. The third-order valence-electron chi connectivity index (χ3n) is 10.3. The van der Waals surface area contributed by atoms with Gasteiger partial charge >= 0.3 is 0 Å². The SMILES string of the molecule is Cc1c(-c2ccccc2)nc(N2c3cccc4cccc(c34)N(c3ccccc3)C23c2ccccc2-c2ccccc23)nc1-c1ccccc1. The number of nitrogens with zero attached hydrogens (tertiary/aromatic N) is 4. The van der Waals surface area contributed by atoms with Gasteiger partial charge in [-0.05, 0) is 47.7 Å². The molecule has 0 atom stereocenters. The molecule has 0 saturated heterocycles. The smallest absolute Gasteiger partial charge is 0.233 e. The lowest BCUT2D eigenvalue weighted by Crippen LogP contribution is -2.57. The molecule has 0 fully saturated rings. The monoisotopic (exact) mass is 640 g/mol. The van der Waals surface area contributed by atoms with Crippen molar-refractivity contribution in [2.75, 3.05) is 9.80 Å². The number of para-hydroxylation sites is 1. The summed E-state index contributed by atoms with van der Waals surface area (Å²) in [4.78, 5) is 16.1. The highest BCUT2D eigenvalue weighted by molar-refractivity contribution is 6.10. The van der Waals surface area contributed by atoms with E-state index in [2.05, 4.69) is 193 Å². The second-order valence-corrected chi connectivity index (χ2v) is 13.0. The predicted molar refractivity (Wildman–Crippen MR) is 205 cm³/mol. The van der Waals surface area contributed by atoms with E-state index in [4.69, 9.17) is 9.97 Å². The third-order valence-corrected chi connectivity index (χ3v) is 10.3. The zero-order valence-corrected chi connectivity index (χ0v) is 27.5. The number of fused-ring (bicyclic) bond motifs is 5. The summed E-state index contributed by atoms with van der Waals surface area (Å²) < 4.78 is 0. The molecule has 1 aromatic heterocycles. The standard InChI is InChI=1S/C46H32N4/c1-31-43(33-17-5-2-6-18-33)47-45(48-44(31)34-19-7-3-8-20-34)50-41-30-16-22-32-21-15-29-40(42(32)41)49(35-23-9-4-10-24-35)46(50)38-27-13-11-25-36(38)37-26-12-14-28-39(37)46/h2-30H,1H3. The van der Waals surface area contributed by atoms with Crippen LogP contribution in [-0.2, 0) is 5.66 Å². The molecule has 10 rings (SSSR count). The van der Waals surface area contributed by atoms with Crippen LogP contribution >= 0.6 is 0 Å². The van der Waals surface area contributed by atoms with Crippen molar-refractivity contribution in [3.05, 3.63) is 193 Å². The van der Waals surface area contributed by atoms with Crippen LogP contribution in [0, 0.1) is 6.92 Å². The van der Waals surface area contributed by atoms with E-state index in [0.29, 0.717) is 5.95 Å². The average molecular weight is 641 g/mol. The Morgan fingerprint density at radius 2 is 0.900 bits per heavy atom. The molecule has 0 N–H and O–H groups in total. The van der Waals surface area contributed by atoms with Crippen molar-refractivity contribution in [1.82, 2.24) is 9.97 Å². The molecular formula is C46H32N4. The zero-order chi connectivity index (χ0) is 33.2. The van der Waals surface area contributed by atoms with Gasteiger partial charge in [-0.3, -0.25) is 4.90 Å². The summed E-state index contributed by atoms with van der Waals surface area (Å²) in [5, 5.41) is 2.33. The van der Waals surface area contributed by atoms with E-state index < -0.39 is 5.66 Å². The molecule has 1 aliphatic carbocycles. The molecule has 0 amide bonds. The molecular weight excluding hydrogens is 609 g/mol. The van der Waals surface area contributed by atoms with Gasteiger partial charge in [0.05, 0.1) is 22.8 Å². The molecule has 4 heteroatoms. The molecule has 50 heavy (non-hydrogen) atoms. The maximum atomic E-state index is 5.59. The Balaban J connectivity index is 1.41. The number of anilines is 4. The molecule has 0 bridgehead atoms. The number of aromatic nitrogens is 2. The van der Waals surface area contributed by atoms with Crippen LogP contribution in [0.1, 0.15) is 16.7 Å². The molecule has 2 heterocycles. The third kappa shape index (κ3) is 3.93. The van der Waals surface area contributed by atoms with Crippen molar-refractivity contribution in [2.45, 2.75) is 12.6 Å². The van der Waals surface area contributed by atoms with Gasteiger partial charge in [-0.15, -0.1) is 0 Å². The molecule has 7 aromatic carbocycles. The van der Waals surface area contributed by atoms with Crippen molar-refractivity contribution in [3.8, 4) is 33.6 Å². The van der Waals surface area contributed by atoms with Crippen LogP contribution in [0.5, 0.6) is 0 Å². The Morgan fingerprint density at radius 1 is 0.440 bits per heavy atom. The summed E-state index contributed by atoms with van der Waals surface area (Å²) >= 11 is 0. The number of rotatable bonds is 4. The Hall–Kier alpha value is -6.52. The summed E-state index contributed by atoms with van der Waals surface area (Å²) in [6, 6.07) is 62.8. The minimum atomic E-state index is -0.867. The minimum Gasteiger partial charge on any atom is -0.309 e. The van der Waals surface area contributed by atoms with Gasteiger partial charge in [-0.2, -0.15) is 0 Å². The van der Waals surface area contributed by atoms with Crippen LogP contribution in [0.4, 0.5) is 23.0 Å². The maximum Gasteiger partial charge on any atom is 0.233 e. The van der Waals surface area contributed by atoms with E-state index in [-0.39, 0.29) is 0 Å². The van der Waals surface area contributed by atoms with E-state index in [0.717, 1.165) is 50.5 Å². The Kier molecular flexibility index (Phi) is 6.27. The van der Waals surface area contributed by atoms with E-state index in [1.165, 1.54) is 27.6 Å². The Morgan fingerprint density at radius 3 is 1.44 bits per heavy atom. The van der Waals surface area contributed by atoms with Crippen LogP contribution in [0.2, 0.25) is 0 Å². The first-order valence-corrected chi connectivity index (χ1v) is 17.1. The maximum absolute atomic E-state index is 5.59. The molecule has 0 radical (unpaired) electrons. The van der Waals surface area contributed by atoms with E-state index >= 15 is 0 Å². The topological polar surface area (TPSA) is 32.3 Å². The fourth-order valence-corrected chi connectivity index (χ4v) is 8.31. The molecule has 0 saturated carbocycles. The second kappa shape index (κ2) is 11.0. The van der Waals surface area contributed by atoms with Gasteiger partial charge in [0.15, 0.2) is 5.66 Å². The molecule has 4 nitrogen and oxygen atoms in total. The molecule has 2 aliphatic rings. The van der Waals surface area contributed by atoms with Crippen LogP contribution < -0.4 is 9.80 Å². The van der Waals surface area contributed by atoms with Gasteiger partial charge in [0.2, 0.25) is 5.95 Å². The number of benzene rings is 7. The van der Waals surface area contributed by atoms with E-state index in [9.17, 15) is 0 Å². The number of hydrogen-bond donors (Lipinski definition) is 0. The van der Waals surface area contributed by atoms with Crippen molar-refractivity contribution < 1.29 is 0 Å². The van der Waals surface area contributed by atoms with Gasteiger partial charge in [0.1, 0.15) is 0 Å². The van der Waals surface area contributed by atoms with Crippen LogP contribution in [-0.4, -0.2) is 9.97 Å². The van der Waals surface area contributed by atoms with E-state index in [1.54, 1.807) is 0 Å². The van der Waals surface area contributed by atoms with Crippen LogP contribution in [0.3, 0.4) is 0 Å². The minimum absolute atomic E-state index is 0.641. The molecule has 1 aliphatic heterocycles. The summed E-state index contributed by atoms with van der Waals surface area (Å²) in [5.41, 5.74) is 12.2. The van der Waals surface area contributed by atoms with Crippen LogP contribution in [0.15, 0.2) is 176 Å². The fourth-order valence-electron chi connectivity index (χ4n) is 8.31. The summed E-state index contributed by atoms with van der Waals surface area (Å²) in [7, 11) is 0. The highest BCUT2D eigenvalue weighted by atomic mass is 15.5. The summed E-state index contributed by atoms with van der Waals surface area (Å²) in [6.07, 6.45) is 0. The Labute approximate surface area is 291 Å². The highest BCUT2D eigenvalue weighted by Gasteiger charge is 2.57. The van der Waals surface area contributed by atoms with Gasteiger partial charge in [0, 0.05) is 38.9 Å². The van der Waals surface area contributed by atoms with Crippen molar-refractivity contribution in [3.63, 3.8) is 0 Å². The molecule has 8 aromatic rings. The van der Waals surface area contributed by atoms with Gasteiger partial charge in [-0.1, -0.05) is 152 Å². The lowest BCUT2D eigenvalue weighted by Gasteiger charge is -2.54.